The molecule has 0 fully saturated rings. The average Bonchev–Trinajstić information content (AvgIpc) is 3.54. The smallest absolute Gasteiger partial charge is 0.164 e. The van der Waals surface area contributed by atoms with Gasteiger partial charge in [0.05, 0.1) is 5.41 Å². The van der Waals surface area contributed by atoms with E-state index in [9.17, 15) is 0 Å². The van der Waals surface area contributed by atoms with Gasteiger partial charge in [-0.25, -0.2) is 15.0 Å². The van der Waals surface area contributed by atoms with Gasteiger partial charge in [0, 0.05) is 26.9 Å². The summed E-state index contributed by atoms with van der Waals surface area (Å²) in [6.45, 7) is 6.91. The van der Waals surface area contributed by atoms with Crippen molar-refractivity contribution in [3.05, 3.63) is 211 Å². The van der Waals surface area contributed by atoms with Crippen LogP contribution in [0.3, 0.4) is 0 Å². The first-order valence-corrected chi connectivity index (χ1v) is 18.6. The molecule has 0 amide bonds. The SMILES string of the molecule is C=C(C=C1C(=CC)p2c3ccccc3c3cccc(c32)C1(c1ccccc1)c1ccccc1)c1nc(-c2ccccc2)nc(-c2ccccc2)n1. The average molecular weight is 672 g/mol. The fraction of sp³-hybridized carbons (Fsp3) is 0.0426. The standard InChI is InChI=1S/C47H34N3P/c1-3-41-40(31-32(2)44-48-45(33-19-8-4-9-20-33)50-46(49-44)34-21-10-5-11-22-34)47(35-23-12-6-13-24-35,36-25-14-7-15-26-36)39-29-18-28-38-37-27-16-17-30-42(37)51(41)43(38)39/h3-31H,2H2,1H3. The summed E-state index contributed by atoms with van der Waals surface area (Å²) in [5.74, 6) is 1.80. The maximum absolute atomic E-state index is 5.09. The van der Waals surface area contributed by atoms with E-state index in [0.717, 1.165) is 16.7 Å². The normalized spacial score (nSPS) is 15.4. The highest BCUT2D eigenvalue weighted by atomic mass is 31.1. The van der Waals surface area contributed by atoms with E-state index >= 15 is 0 Å². The minimum Gasteiger partial charge on any atom is -0.208 e. The van der Waals surface area contributed by atoms with Crippen molar-refractivity contribution in [2.75, 3.05) is 0 Å². The number of allylic oxidation sites excluding steroid dienone is 5. The molecular formula is C47H34N3P. The van der Waals surface area contributed by atoms with E-state index in [2.05, 4.69) is 122 Å². The zero-order valence-electron chi connectivity index (χ0n) is 28.2. The summed E-state index contributed by atoms with van der Waals surface area (Å²) >= 11 is 0. The van der Waals surface area contributed by atoms with Gasteiger partial charge in [0.25, 0.3) is 0 Å². The fourth-order valence-corrected chi connectivity index (χ4v) is 10.9. The van der Waals surface area contributed by atoms with Crippen molar-refractivity contribution < 1.29 is 0 Å². The van der Waals surface area contributed by atoms with Crippen molar-refractivity contribution in [2.45, 2.75) is 12.3 Å². The molecule has 1 aliphatic rings. The predicted octanol–water partition coefficient (Wildman–Crippen LogP) is 12.3. The van der Waals surface area contributed by atoms with Crippen LogP contribution in [0.1, 0.15) is 29.4 Å². The molecule has 0 bridgehead atoms. The van der Waals surface area contributed by atoms with E-state index in [1.807, 2.05) is 60.7 Å². The molecule has 3 heterocycles. The fourth-order valence-electron chi connectivity index (χ4n) is 7.85. The molecule has 0 aliphatic carbocycles. The summed E-state index contributed by atoms with van der Waals surface area (Å²) in [7, 11) is -0.836. The van der Waals surface area contributed by atoms with Crippen molar-refractivity contribution in [2.24, 2.45) is 0 Å². The number of hydrogen-bond donors (Lipinski definition) is 0. The molecule has 6 aromatic carbocycles. The molecule has 1 atom stereocenters. The van der Waals surface area contributed by atoms with Crippen molar-refractivity contribution in [1.82, 2.24) is 15.0 Å². The molecule has 0 saturated heterocycles. The Kier molecular flexibility index (Phi) is 7.64. The first kappa shape index (κ1) is 30.9. The van der Waals surface area contributed by atoms with Crippen molar-refractivity contribution in [3.63, 3.8) is 0 Å². The van der Waals surface area contributed by atoms with Gasteiger partial charge in [0.15, 0.2) is 17.5 Å². The zero-order valence-corrected chi connectivity index (χ0v) is 29.1. The Morgan fingerprint density at radius 2 is 1.08 bits per heavy atom. The van der Waals surface area contributed by atoms with E-state index in [1.54, 1.807) is 0 Å². The number of nitrogens with zero attached hydrogens (tertiary/aromatic N) is 3. The summed E-state index contributed by atoms with van der Waals surface area (Å²) < 4.78 is 0. The first-order valence-electron chi connectivity index (χ1n) is 17.3. The molecule has 0 radical (unpaired) electrons. The summed E-state index contributed by atoms with van der Waals surface area (Å²) in [5, 5.41) is 6.82. The van der Waals surface area contributed by atoms with E-state index in [1.165, 1.54) is 48.6 Å². The molecule has 4 heteroatoms. The van der Waals surface area contributed by atoms with Crippen LogP contribution in [0.2, 0.25) is 0 Å². The van der Waals surface area contributed by atoms with E-state index < -0.39 is 12.9 Å². The molecule has 242 valence electrons. The third-order valence-corrected chi connectivity index (χ3v) is 12.8. The van der Waals surface area contributed by atoms with Crippen LogP contribution in [0.15, 0.2) is 188 Å². The van der Waals surface area contributed by atoms with E-state index in [0.29, 0.717) is 17.5 Å². The second-order valence-electron chi connectivity index (χ2n) is 12.8. The largest absolute Gasteiger partial charge is 0.208 e. The van der Waals surface area contributed by atoms with E-state index in [-0.39, 0.29) is 0 Å². The molecular weight excluding hydrogens is 638 g/mol. The van der Waals surface area contributed by atoms with Crippen LogP contribution in [0, 0.1) is 0 Å². The molecule has 8 aromatic rings. The van der Waals surface area contributed by atoms with Gasteiger partial charge in [-0.15, -0.1) is 0 Å². The Balaban J connectivity index is 1.38. The number of hydrogen-bond acceptors (Lipinski definition) is 3. The van der Waals surface area contributed by atoms with Gasteiger partial charge >= 0.3 is 0 Å². The molecule has 3 nitrogen and oxygen atoms in total. The lowest BCUT2D eigenvalue weighted by atomic mass is 9.63. The van der Waals surface area contributed by atoms with Gasteiger partial charge in [0.2, 0.25) is 0 Å². The molecule has 1 unspecified atom stereocenters. The summed E-state index contributed by atoms with van der Waals surface area (Å²) in [6, 6.07) is 58.0. The third kappa shape index (κ3) is 4.93. The molecule has 1 aliphatic heterocycles. The number of rotatable bonds is 6. The second-order valence-corrected chi connectivity index (χ2v) is 14.9. The van der Waals surface area contributed by atoms with Crippen LogP contribution < -0.4 is 0 Å². The maximum atomic E-state index is 5.09. The topological polar surface area (TPSA) is 38.7 Å². The molecule has 2 aromatic heterocycles. The van der Waals surface area contributed by atoms with Gasteiger partial charge in [-0.2, -0.15) is 0 Å². The van der Waals surface area contributed by atoms with Crippen LogP contribution in [-0.4, -0.2) is 15.0 Å². The highest BCUT2D eigenvalue weighted by Crippen LogP contribution is 2.68. The maximum Gasteiger partial charge on any atom is 0.164 e. The van der Waals surface area contributed by atoms with Crippen molar-refractivity contribution >= 4 is 39.4 Å². The highest BCUT2D eigenvalue weighted by molar-refractivity contribution is 7.71. The number of fused-ring (bicyclic) bond motifs is 3. The Labute approximate surface area is 299 Å². The van der Waals surface area contributed by atoms with Gasteiger partial charge in [-0.3, -0.25) is 0 Å². The van der Waals surface area contributed by atoms with Gasteiger partial charge in [0.1, 0.15) is 0 Å². The van der Waals surface area contributed by atoms with Crippen LogP contribution in [0.4, 0.5) is 0 Å². The highest BCUT2D eigenvalue weighted by Gasteiger charge is 2.46. The molecule has 51 heavy (non-hydrogen) atoms. The molecule has 9 rings (SSSR count). The van der Waals surface area contributed by atoms with E-state index in [4.69, 9.17) is 21.5 Å². The quantitative estimate of drug-likeness (QED) is 0.177. The minimum atomic E-state index is -0.836. The lowest BCUT2D eigenvalue weighted by Crippen LogP contribution is -2.33. The van der Waals surface area contributed by atoms with Crippen LogP contribution >= 0.6 is 7.53 Å². The van der Waals surface area contributed by atoms with Crippen LogP contribution in [0.5, 0.6) is 0 Å². The Morgan fingerprint density at radius 3 is 1.65 bits per heavy atom. The lowest BCUT2D eigenvalue weighted by Gasteiger charge is -2.43. The van der Waals surface area contributed by atoms with Gasteiger partial charge in [-0.1, -0.05) is 184 Å². The Hall–Kier alpha value is -6.15. The van der Waals surface area contributed by atoms with Crippen LogP contribution in [-0.2, 0) is 5.41 Å². The minimum absolute atomic E-state index is 0.555. The zero-order chi connectivity index (χ0) is 34.4. The predicted molar refractivity (Wildman–Crippen MR) is 215 cm³/mol. The Bertz CT molecular complexity index is 2540. The van der Waals surface area contributed by atoms with Crippen molar-refractivity contribution in [1.29, 1.82) is 0 Å². The number of benzene rings is 6. The first-order chi connectivity index (χ1) is 25.2. The van der Waals surface area contributed by atoms with Crippen molar-refractivity contribution in [3.8, 4) is 22.8 Å². The lowest BCUT2D eigenvalue weighted by molar-refractivity contribution is 0.758. The molecule has 0 N–H and O–H groups in total. The summed E-state index contributed by atoms with van der Waals surface area (Å²) in [6.07, 6.45) is 4.61. The monoisotopic (exact) mass is 671 g/mol. The van der Waals surface area contributed by atoms with Gasteiger partial charge < -0.3 is 0 Å². The van der Waals surface area contributed by atoms with Crippen LogP contribution in [0.25, 0.3) is 54.7 Å². The molecule has 0 spiro atoms. The molecule has 0 saturated carbocycles. The number of aromatic nitrogens is 3. The third-order valence-electron chi connectivity index (χ3n) is 10.0. The second kappa shape index (κ2) is 12.6. The Morgan fingerprint density at radius 1 is 0.569 bits per heavy atom. The summed E-state index contributed by atoms with van der Waals surface area (Å²) in [5.41, 5.74) is 6.90. The summed E-state index contributed by atoms with van der Waals surface area (Å²) in [4.78, 5) is 15.1. The van der Waals surface area contributed by atoms with Gasteiger partial charge in [-0.05, 0) is 51.3 Å².